The predicted molar refractivity (Wildman–Crippen MR) is 84.6 cm³/mol. The molecular formula is C15H10FN3O4S. The average Bonchev–Trinajstić information content (AvgIpc) is 3.19. The van der Waals surface area contributed by atoms with Gasteiger partial charge < -0.3 is 4.42 Å². The van der Waals surface area contributed by atoms with Crippen molar-refractivity contribution in [2.24, 2.45) is 0 Å². The summed E-state index contributed by atoms with van der Waals surface area (Å²) in [6.07, 6.45) is 2.16. The van der Waals surface area contributed by atoms with E-state index in [1.165, 1.54) is 29.5 Å². The molecule has 0 aliphatic rings. The number of benzene rings is 1. The molecule has 2 aromatic heterocycles. The van der Waals surface area contributed by atoms with Crippen molar-refractivity contribution in [2.45, 2.75) is 6.42 Å². The molecule has 0 spiro atoms. The molecule has 1 aromatic carbocycles. The first-order valence-electron chi connectivity index (χ1n) is 6.76. The maximum atomic E-state index is 12.9. The Balaban J connectivity index is 1.65. The Hall–Kier alpha value is -3.07. The normalized spacial score (nSPS) is 10.5. The molecule has 0 atom stereocenters. The molecule has 3 aromatic rings. The molecule has 0 bridgehead atoms. The third kappa shape index (κ3) is 3.63. The van der Waals surface area contributed by atoms with Crippen molar-refractivity contribution in [3.05, 3.63) is 74.7 Å². The van der Waals surface area contributed by atoms with Crippen LogP contribution in [-0.4, -0.2) is 15.8 Å². The Kier molecular flexibility index (Phi) is 4.34. The monoisotopic (exact) mass is 347 g/mol. The first-order valence-corrected chi connectivity index (χ1v) is 7.57. The van der Waals surface area contributed by atoms with Crippen molar-refractivity contribution in [1.29, 1.82) is 0 Å². The van der Waals surface area contributed by atoms with Crippen molar-refractivity contribution < 1.29 is 18.5 Å². The quantitative estimate of drug-likeness (QED) is 0.561. The second kappa shape index (κ2) is 6.59. The fourth-order valence-electron chi connectivity index (χ4n) is 1.96. The maximum absolute atomic E-state index is 12.9. The van der Waals surface area contributed by atoms with Crippen LogP contribution in [-0.2, 0) is 6.42 Å². The topological polar surface area (TPSA) is 98.3 Å². The van der Waals surface area contributed by atoms with E-state index in [1.54, 1.807) is 18.3 Å². The van der Waals surface area contributed by atoms with E-state index < -0.39 is 16.7 Å². The van der Waals surface area contributed by atoms with E-state index in [1.807, 2.05) is 0 Å². The number of hydrogen-bond acceptors (Lipinski definition) is 6. The highest BCUT2D eigenvalue weighted by atomic mass is 32.1. The molecular weight excluding hydrogens is 337 g/mol. The number of halogens is 1. The van der Waals surface area contributed by atoms with Crippen LogP contribution in [0, 0.1) is 15.9 Å². The van der Waals surface area contributed by atoms with Gasteiger partial charge in [-0.15, -0.1) is 11.3 Å². The number of amides is 1. The van der Waals surface area contributed by atoms with Gasteiger partial charge in [0.05, 0.1) is 6.07 Å². The minimum Gasteiger partial charge on any atom is -0.395 e. The molecule has 9 heteroatoms. The van der Waals surface area contributed by atoms with Gasteiger partial charge >= 0.3 is 5.88 Å². The van der Waals surface area contributed by atoms with Crippen molar-refractivity contribution in [3.63, 3.8) is 0 Å². The third-order valence-electron chi connectivity index (χ3n) is 3.06. The number of nitro groups is 1. The summed E-state index contributed by atoms with van der Waals surface area (Å²) < 4.78 is 17.7. The Morgan fingerprint density at radius 1 is 1.29 bits per heavy atom. The summed E-state index contributed by atoms with van der Waals surface area (Å²) in [7, 11) is 0. The molecule has 3 rings (SSSR count). The molecule has 1 amide bonds. The molecule has 0 unspecified atom stereocenters. The minimum atomic E-state index is -0.721. The van der Waals surface area contributed by atoms with Gasteiger partial charge in [0, 0.05) is 17.5 Å². The van der Waals surface area contributed by atoms with Crippen LogP contribution < -0.4 is 5.32 Å². The van der Waals surface area contributed by atoms with Crippen LogP contribution in [0.25, 0.3) is 0 Å². The van der Waals surface area contributed by atoms with Crippen LogP contribution >= 0.6 is 11.3 Å². The predicted octanol–water partition coefficient (Wildman–Crippen LogP) is 3.63. The van der Waals surface area contributed by atoms with Gasteiger partial charge in [0.1, 0.15) is 10.7 Å². The molecule has 0 aliphatic carbocycles. The lowest BCUT2D eigenvalue weighted by Crippen LogP contribution is -2.10. The summed E-state index contributed by atoms with van der Waals surface area (Å²) >= 11 is 1.26. The number of aromatic nitrogens is 1. The summed E-state index contributed by atoms with van der Waals surface area (Å²) in [5, 5.41) is 13.4. The Morgan fingerprint density at radius 3 is 2.71 bits per heavy atom. The standard InChI is InChI=1S/C15H10FN3O4S/c16-10-3-1-9(2-4-10)7-11-8-17-15(24-11)18-14(20)12-5-6-13(23-12)19(21)22/h1-6,8H,7H2,(H,17,18,20). The molecule has 0 saturated heterocycles. The number of carbonyl (C=O) groups is 1. The van der Waals surface area contributed by atoms with E-state index in [-0.39, 0.29) is 11.6 Å². The summed E-state index contributed by atoms with van der Waals surface area (Å²) in [5.41, 5.74) is 0.916. The van der Waals surface area contributed by atoms with E-state index in [0.29, 0.717) is 11.6 Å². The van der Waals surface area contributed by atoms with E-state index >= 15 is 0 Å². The van der Waals surface area contributed by atoms with Gasteiger partial charge in [-0.25, -0.2) is 9.37 Å². The molecule has 1 N–H and O–H groups in total. The molecule has 0 saturated carbocycles. The van der Waals surface area contributed by atoms with Gasteiger partial charge in [0.25, 0.3) is 5.91 Å². The maximum Gasteiger partial charge on any atom is 0.433 e. The average molecular weight is 347 g/mol. The smallest absolute Gasteiger partial charge is 0.395 e. The van der Waals surface area contributed by atoms with Gasteiger partial charge in [0.15, 0.2) is 10.9 Å². The largest absolute Gasteiger partial charge is 0.433 e. The molecule has 7 nitrogen and oxygen atoms in total. The van der Waals surface area contributed by atoms with Crippen LogP contribution in [0.2, 0.25) is 0 Å². The summed E-state index contributed by atoms with van der Waals surface area (Å²) in [4.78, 5) is 26.7. The SMILES string of the molecule is O=C(Nc1ncc(Cc2ccc(F)cc2)s1)c1ccc([N+](=O)[O-])o1. The number of carbonyl (C=O) groups excluding carboxylic acids is 1. The van der Waals surface area contributed by atoms with Crippen molar-refractivity contribution in [2.75, 3.05) is 5.32 Å². The Morgan fingerprint density at radius 2 is 2.04 bits per heavy atom. The molecule has 122 valence electrons. The van der Waals surface area contributed by atoms with Gasteiger partial charge in [-0.1, -0.05) is 12.1 Å². The number of hydrogen-bond donors (Lipinski definition) is 1. The van der Waals surface area contributed by atoms with Gasteiger partial charge in [-0.3, -0.25) is 20.2 Å². The number of nitrogens with one attached hydrogen (secondary N) is 1. The number of nitrogens with zero attached hydrogens (tertiary/aromatic N) is 2. The molecule has 0 aliphatic heterocycles. The Labute approximate surface area is 138 Å². The van der Waals surface area contributed by atoms with Crippen molar-refractivity contribution in [3.8, 4) is 0 Å². The molecule has 24 heavy (non-hydrogen) atoms. The zero-order chi connectivity index (χ0) is 17.1. The first-order chi connectivity index (χ1) is 11.5. The fraction of sp³-hybridized carbons (Fsp3) is 0.0667. The van der Waals surface area contributed by atoms with E-state index in [0.717, 1.165) is 16.5 Å². The summed E-state index contributed by atoms with van der Waals surface area (Å²) in [6, 6.07) is 8.44. The zero-order valence-corrected chi connectivity index (χ0v) is 12.9. The third-order valence-corrected chi connectivity index (χ3v) is 3.97. The highest BCUT2D eigenvalue weighted by molar-refractivity contribution is 7.15. The van der Waals surface area contributed by atoms with Crippen LogP contribution in [0.5, 0.6) is 0 Å². The van der Waals surface area contributed by atoms with Gasteiger partial charge in [0.2, 0.25) is 0 Å². The summed E-state index contributed by atoms with van der Waals surface area (Å²) in [5.74, 6) is -1.59. The Bertz CT molecular complexity index is 888. The minimum absolute atomic E-state index is 0.169. The number of furan rings is 1. The second-order valence-corrected chi connectivity index (χ2v) is 5.90. The van der Waals surface area contributed by atoms with Crippen LogP contribution in [0.15, 0.2) is 47.0 Å². The lowest BCUT2D eigenvalue weighted by atomic mass is 10.1. The highest BCUT2D eigenvalue weighted by Gasteiger charge is 2.18. The lowest BCUT2D eigenvalue weighted by molar-refractivity contribution is -0.402. The molecule has 2 heterocycles. The lowest BCUT2D eigenvalue weighted by Gasteiger charge is -1.98. The summed E-state index contributed by atoms with van der Waals surface area (Å²) in [6.45, 7) is 0. The first kappa shape index (κ1) is 15.8. The molecule has 0 radical (unpaired) electrons. The van der Waals surface area contributed by atoms with Crippen molar-refractivity contribution >= 4 is 28.3 Å². The van der Waals surface area contributed by atoms with E-state index in [2.05, 4.69) is 10.3 Å². The van der Waals surface area contributed by atoms with E-state index in [4.69, 9.17) is 4.42 Å². The van der Waals surface area contributed by atoms with Crippen LogP contribution in [0.4, 0.5) is 15.4 Å². The second-order valence-electron chi connectivity index (χ2n) is 4.78. The van der Waals surface area contributed by atoms with Crippen LogP contribution in [0.3, 0.4) is 0 Å². The zero-order valence-electron chi connectivity index (χ0n) is 12.1. The van der Waals surface area contributed by atoms with Gasteiger partial charge in [-0.2, -0.15) is 0 Å². The highest BCUT2D eigenvalue weighted by Crippen LogP contribution is 2.23. The number of thiazole rings is 1. The fourth-order valence-corrected chi connectivity index (χ4v) is 2.80. The number of rotatable bonds is 5. The molecule has 0 fully saturated rings. The number of anilines is 1. The van der Waals surface area contributed by atoms with Gasteiger partial charge in [-0.05, 0) is 23.8 Å². The van der Waals surface area contributed by atoms with Crippen molar-refractivity contribution in [1.82, 2.24) is 4.98 Å². The van der Waals surface area contributed by atoms with Crippen LogP contribution in [0.1, 0.15) is 21.0 Å². The van der Waals surface area contributed by atoms with E-state index in [9.17, 15) is 19.3 Å².